The third kappa shape index (κ3) is 32.7. The zero-order valence-corrected chi connectivity index (χ0v) is 46.3. The molecule has 2 fully saturated rings. The molecule has 0 aromatic heterocycles. The van der Waals surface area contributed by atoms with Crippen molar-refractivity contribution in [2.75, 3.05) is 26.4 Å². The third-order valence-electron chi connectivity index (χ3n) is 14.4. The standard InChI is InChI=1S/C59H108O15/c1-3-5-7-9-11-13-15-17-19-20-21-22-23-24-25-26-28-30-32-34-36-38-40-42-51(62)72-47(44-69-50(61)41-39-37-35-33-31-29-27-18-16-14-12-10-8-6-4-2)45-70-58-57(68)55(66)53(64)49(74-58)46-71-59-56(67)54(65)52(63)48(43-60)73-59/h18,27,34,36,47-49,52-60,63-68H,3-17,19-26,28-33,35,37-46H2,1-2H3/b27-18+,36-34+/t47-,48+,49+,52-,53-,54?,55?,56?,57?,58+,59+/m1/s1. The van der Waals surface area contributed by atoms with E-state index in [4.69, 9.17) is 28.4 Å². The molecule has 2 aliphatic heterocycles. The third-order valence-corrected chi connectivity index (χ3v) is 14.4. The molecule has 15 heteroatoms. The number of carbonyl (C=O) groups excluding carboxylic acids is 2. The van der Waals surface area contributed by atoms with Crippen LogP contribution in [0.1, 0.15) is 245 Å². The molecule has 15 nitrogen and oxygen atoms in total. The van der Waals surface area contributed by atoms with Crippen LogP contribution in [-0.4, -0.2) is 142 Å². The fraction of sp³-hybridized carbons (Fsp3) is 0.898. The van der Waals surface area contributed by atoms with E-state index in [1.165, 1.54) is 148 Å². The van der Waals surface area contributed by atoms with Crippen molar-refractivity contribution in [1.29, 1.82) is 0 Å². The van der Waals surface area contributed by atoms with Crippen molar-refractivity contribution in [3.05, 3.63) is 24.3 Å². The van der Waals surface area contributed by atoms with Crippen molar-refractivity contribution in [2.24, 2.45) is 0 Å². The highest BCUT2D eigenvalue weighted by atomic mass is 16.7. The molecule has 2 rings (SSSR count). The summed E-state index contributed by atoms with van der Waals surface area (Å²) in [7, 11) is 0. The molecule has 4 unspecified atom stereocenters. The number of hydrogen-bond acceptors (Lipinski definition) is 15. The number of aliphatic hydroxyl groups excluding tert-OH is 7. The van der Waals surface area contributed by atoms with Gasteiger partial charge in [-0.15, -0.1) is 0 Å². The van der Waals surface area contributed by atoms with Crippen LogP contribution in [0.5, 0.6) is 0 Å². The number of rotatable bonds is 48. The summed E-state index contributed by atoms with van der Waals surface area (Å²) in [6, 6.07) is 0. The SMILES string of the molecule is CCCCCCCC/C=C/CCCCCCCC(=O)OC[C@H](CO[C@H]1O[C@@H](CO[C@H]2O[C@@H](CO)[C@@H](O)C(O)C2O)[C@@H](O)C(O)C1O)OC(=O)CCC/C=C/CCCCCCCCCCCCCCCCCCCC. The summed E-state index contributed by atoms with van der Waals surface area (Å²) in [6.45, 7) is 2.59. The smallest absolute Gasteiger partial charge is 0.306 e. The Balaban J connectivity index is 1.74. The molecule has 2 saturated heterocycles. The van der Waals surface area contributed by atoms with Crippen LogP contribution in [-0.2, 0) is 38.0 Å². The fourth-order valence-electron chi connectivity index (χ4n) is 9.51. The molecule has 0 aliphatic carbocycles. The Kier molecular flexibility index (Phi) is 42.3. The highest BCUT2D eigenvalue weighted by Gasteiger charge is 2.47. The molecule has 11 atom stereocenters. The Labute approximate surface area is 447 Å². The highest BCUT2D eigenvalue weighted by Crippen LogP contribution is 2.27. The van der Waals surface area contributed by atoms with Gasteiger partial charge in [-0.1, -0.05) is 199 Å². The lowest BCUT2D eigenvalue weighted by molar-refractivity contribution is -0.332. The van der Waals surface area contributed by atoms with E-state index in [2.05, 4.69) is 38.2 Å². The first kappa shape index (κ1) is 68.1. The molecule has 7 N–H and O–H groups in total. The van der Waals surface area contributed by atoms with Crippen molar-refractivity contribution in [1.82, 2.24) is 0 Å². The summed E-state index contributed by atoms with van der Waals surface area (Å²) in [5.74, 6) is -0.961. The minimum absolute atomic E-state index is 0.119. The van der Waals surface area contributed by atoms with E-state index in [0.29, 0.717) is 19.3 Å². The van der Waals surface area contributed by atoms with Crippen molar-refractivity contribution in [2.45, 2.75) is 313 Å². The number of ether oxygens (including phenoxy) is 6. The maximum atomic E-state index is 13.1. The van der Waals surface area contributed by atoms with Crippen LogP contribution in [0.15, 0.2) is 24.3 Å². The van der Waals surface area contributed by atoms with Crippen LogP contribution < -0.4 is 0 Å². The Morgan fingerprint density at radius 2 is 0.784 bits per heavy atom. The maximum Gasteiger partial charge on any atom is 0.306 e. The summed E-state index contributed by atoms with van der Waals surface area (Å²) in [6.07, 6.45) is 33.6. The first-order valence-electron chi connectivity index (χ1n) is 29.9. The fourth-order valence-corrected chi connectivity index (χ4v) is 9.51. The van der Waals surface area contributed by atoms with Gasteiger partial charge < -0.3 is 64.2 Å². The molecule has 0 radical (unpaired) electrons. The average molecular weight is 1060 g/mol. The average Bonchev–Trinajstić information content (AvgIpc) is 3.39. The molecule has 2 aliphatic rings. The van der Waals surface area contributed by atoms with Gasteiger partial charge in [0.15, 0.2) is 18.7 Å². The summed E-state index contributed by atoms with van der Waals surface area (Å²) in [5, 5.41) is 72.3. The molecular formula is C59H108O15. The predicted octanol–water partition coefficient (Wildman–Crippen LogP) is 10.3. The number of allylic oxidation sites excluding steroid dienone is 4. The van der Waals surface area contributed by atoms with Gasteiger partial charge in [0.05, 0.1) is 19.8 Å². The second-order valence-electron chi connectivity index (χ2n) is 21.2. The maximum absolute atomic E-state index is 13.1. The van der Waals surface area contributed by atoms with Gasteiger partial charge in [0.2, 0.25) is 0 Å². The Morgan fingerprint density at radius 3 is 1.23 bits per heavy atom. The van der Waals surface area contributed by atoms with E-state index in [1.807, 2.05) is 0 Å². The van der Waals surface area contributed by atoms with Gasteiger partial charge in [-0.05, 0) is 57.8 Å². The second-order valence-corrected chi connectivity index (χ2v) is 21.2. The van der Waals surface area contributed by atoms with Crippen LogP contribution in [0.25, 0.3) is 0 Å². The zero-order valence-electron chi connectivity index (χ0n) is 46.3. The van der Waals surface area contributed by atoms with Gasteiger partial charge in [0, 0.05) is 12.8 Å². The van der Waals surface area contributed by atoms with Crippen LogP contribution in [0.2, 0.25) is 0 Å². The van der Waals surface area contributed by atoms with Gasteiger partial charge in [-0.3, -0.25) is 9.59 Å². The number of hydrogen-bond donors (Lipinski definition) is 7. The van der Waals surface area contributed by atoms with Crippen molar-refractivity contribution >= 4 is 11.9 Å². The largest absolute Gasteiger partial charge is 0.462 e. The summed E-state index contributed by atoms with van der Waals surface area (Å²) in [5.41, 5.74) is 0. The zero-order chi connectivity index (χ0) is 53.9. The predicted molar refractivity (Wildman–Crippen MR) is 289 cm³/mol. The summed E-state index contributed by atoms with van der Waals surface area (Å²) in [4.78, 5) is 25.9. The Bertz CT molecular complexity index is 1380. The molecule has 0 spiro atoms. The summed E-state index contributed by atoms with van der Waals surface area (Å²) >= 11 is 0. The molecule has 434 valence electrons. The molecule has 0 saturated carbocycles. The van der Waals surface area contributed by atoms with Gasteiger partial charge in [-0.2, -0.15) is 0 Å². The number of aliphatic hydroxyl groups is 7. The summed E-state index contributed by atoms with van der Waals surface area (Å²) < 4.78 is 33.7. The van der Waals surface area contributed by atoms with E-state index in [9.17, 15) is 45.3 Å². The number of esters is 2. The quantitative estimate of drug-likeness (QED) is 0.0171. The van der Waals surface area contributed by atoms with Crippen LogP contribution in [0.3, 0.4) is 0 Å². The van der Waals surface area contributed by atoms with Crippen LogP contribution in [0.4, 0.5) is 0 Å². The lowest BCUT2D eigenvalue weighted by Gasteiger charge is -2.42. The molecule has 74 heavy (non-hydrogen) atoms. The van der Waals surface area contributed by atoms with E-state index in [1.54, 1.807) is 0 Å². The second kappa shape index (κ2) is 45.9. The van der Waals surface area contributed by atoms with Crippen molar-refractivity contribution < 1.29 is 73.8 Å². The lowest BCUT2D eigenvalue weighted by Crippen LogP contribution is -2.61. The highest BCUT2D eigenvalue weighted by molar-refractivity contribution is 5.70. The Hall–Kier alpha value is -2.02. The topological polar surface area (TPSA) is 231 Å². The molecule has 0 amide bonds. The molecule has 0 bridgehead atoms. The van der Waals surface area contributed by atoms with Gasteiger partial charge in [0.25, 0.3) is 0 Å². The molecular weight excluding hydrogens is 949 g/mol. The van der Waals surface area contributed by atoms with Crippen LogP contribution in [0, 0.1) is 0 Å². The van der Waals surface area contributed by atoms with Gasteiger partial charge in [-0.25, -0.2) is 0 Å². The number of unbranched alkanes of at least 4 members (excludes halogenated alkanes) is 30. The minimum atomic E-state index is -1.77. The van der Waals surface area contributed by atoms with Gasteiger partial charge in [0.1, 0.15) is 55.4 Å². The first-order chi connectivity index (χ1) is 36.0. The first-order valence-corrected chi connectivity index (χ1v) is 29.9. The van der Waals surface area contributed by atoms with E-state index < -0.39 is 99.3 Å². The van der Waals surface area contributed by atoms with Gasteiger partial charge >= 0.3 is 11.9 Å². The molecule has 0 aromatic carbocycles. The van der Waals surface area contributed by atoms with E-state index >= 15 is 0 Å². The molecule has 0 aromatic rings. The Morgan fingerprint density at radius 1 is 0.419 bits per heavy atom. The normalized spacial score (nSPS) is 24.8. The van der Waals surface area contributed by atoms with E-state index in [-0.39, 0.29) is 19.4 Å². The molecule has 2 heterocycles. The lowest BCUT2D eigenvalue weighted by atomic mass is 9.98. The van der Waals surface area contributed by atoms with Crippen molar-refractivity contribution in [3.8, 4) is 0 Å². The monoisotopic (exact) mass is 1060 g/mol. The van der Waals surface area contributed by atoms with E-state index in [0.717, 1.165) is 51.4 Å². The van der Waals surface area contributed by atoms with Crippen LogP contribution >= 0.6 is 0 Å². The minimum Gasteiger partial charge on any atom is -0.462 e. The number of carbonyl (C=O) groups is 2. The van der Waals surface area contributed by atoms with Crippen molar-refractivity contribution in [3.63, 3.8) is 0 Å².